The number of rotatable bonds is 2. The molecule has 0 saturated carbocycles. The predicted octanol–water partition coefficient (Wildman–Crippen LogP) is 0.690. The maximum absolute atomic E-state index is 9.00. The lowest BCUT2D eigenvalue weighted by atomic mass is 10.2. The van der Waals surface area contributed by atoms with E-state index in [4.69, 9.17) is 20.6 Å². The third-order valence-electron chi connectivity index (χ3n) is 4.00. The van der Waals surface area contributed by atoms with E-state index in [1.807, 2.05) is 25.1 Å². The minimum atomic E-state index is -0.0504. The number of amidine groups is 1. The summed E-state index contributed by atoms with van der Waals surface area (Å²) in [6.45, 7) is 6.68. The number of aliphatic hydroxyl groups is 1. The molecule has 0 radical (unpaired) electrons. The van der Waals surface area contributed by atoms with Crippen LogP contribution in [0.3, 0.4) is 0 Å². The van der Waals surface area contributed by atoms with E-state index in [1.54, 1.807) is 0 Å². The van der Waals surface area contributed by atoms with Gasteiger partial charge in [-0.05, 0) is 25.1 Å². The van der Waals surface area contributed by atoms with Gasteiger partial charge in [0.2, 0.25) is 0 Å². The minimum absolute atomic E-state index is 0.0504. The number of nitrogens with two attached hydrogens (primary N) is 1. The van der Waals surface area contributed by atoms with Gasteiger partial charge in [0.05, 0.1) is 6.61 Å². The fraction of sp³-hybridized carbons (Fsp3) is 0.533. The second-order valence-corrected chi connectivity index (χ2v) is 5.51. The van der Waals surface area contributed by atoms with Crippen LogP contribution in [0.4, 0.5) is 11.4 Å². The molecule has 21 heavy (non-hydrogen) atoms. The number of hydrogen-bond acceptors (Lipinski definition) is 6. The molecule has 2 aliphatic heterocycles. The number of nitrogen functional groups attached to an aromatic ring is 1. The smallest absolute Gasteiger partial charge is 0.153 e. The van der Waals surface area contributed by atoms with Crippen LogP contribution < -0.4 is 10.5 Å². The molecule has 1 aromatic rings. The largest absolute Gasteiger partial charge is 0.481 e. The maximum atomic E-state index is 9.00. The number of aliphatic imine (C=N–C) groups is 1. The van der Waals surface area contributed by atoms with Gasteiger partial charge in [-0.1, -0.05) is 0 Å². The first-order chi connectivity index (χ1) is 10.2. The zero-order valence-corrected chi connectivity index (χ0v) is 12.3. The molecule has 0 spiro atoms. The van der Waals surface area contributed by atoms with Crippen molar-refractivity contribution in [3.63, 3.8) is 0 Å². The van der Waals surface area contributed by atoms with Crippen molar-refractivity contribution in [3.05, 3.63) is 18.2 Å². The minimum Gasteiger partial charge on any atom is -0.481 e. The number of ether oxygens (including phenoxy) is 1. The molecule has 6 nitrogen and oxygen atoms in total. The van der Waals surface area contributed by atoms with Crippen molar-refractivity contribution in [1.82, 2.24) is 9.80 Å². The molecule has 0 bridgehead atoms. The number of fused-ring (bicyclic) bond motifs is 1. The highest BCUT2D eigenvalue weighted by molar-refractivity contribution is 5.91. The van der Waals surface area contributed by atoms with Gasteiger partial charge in [0, 0.05) is 38.4 Å². The first-order valence-corrected chi connectivity index (χ1v) is 7.40. The summed E-state index contributed by atoms with van der Waals surface area (Å²) in [6, 6.07) is 5.56. The Bertz CT molecular complexity index is 538. The zero-order chi connectivity index (χ0) is 14.8. The van der Waals surface area contributed by atoms with Crippen molar-refractivity contribution in [3.8, 4) is 5.75 Å². The van der Waals surface area contributed by atoms with Gasteiger partial charge >= 0.3 is 0 Å². The highest BCUT2D eigenvalue weighted by Crippen LogP contribution is 2.34. The monoisotopic (exact) mass is 290 g/mol. The summed E-state index contributed by atoms with van der Waals surface area (Å²) in [6.07, 6.45) is -0.0504. The SMILES string of the molecule is CC1Oc2ccc(N)cc2N=C1N1CCN(CCO)CC1. The molecule has 2 aliphatic rings. The van der Waals surface area contributed by atoms with Crippen molar-refractivity contribution in [2.24, 2.45) is 4.99 Å². The van der Waals surface area contributed by atoms with Crippen LogP contribution in [0, 0.1) is 0 Å². The average Bonchev–Trinajstić information content (AvgIpc) is 2.48. The number of hydrogen-bond donors (Lipinski definition) is 2. The van der Waals surface area contributed by atoms with Crippen LogP contribution >= 0.6 is 0 Å². The van der Waals surface area contributed by atoms with E-state index in [-0.39, 0.29) is 12.7 Å². The number of nitrogens with zero attached hydrogens (tertiary/aromatic N) is 3. The molecule has 1 saturated heterocycles. The van der Waals surface area contributed by atoms with E-state index >= 15 is 0 Å². The van der Waals surface area contributed by atoms with E-state index in [0.29, 0.717) is 5.69 Å². The second kappa shape index (κ2) is 5.91. The summed E-state index contributed by atoms with van der Waals surface area (Å²) in [5.74, 6) is 1.76. The topological polar surface area (TPSA) is 74.3 Å². The predicted molar refractivity (Wildman–Crippen MR) is 83.1 cm³/mol. The second-order valence-electron chi connectivity index (χ2n) is 5.51. The molecular formula is C15H22N4O2. The van der Waals surface area contributed by atoms with Crippen LogP contribution in [0.1, 0.15) is 6.92 Å². The Morgan fingerprint density at radius 3 is 2.81 bits per heavy atom. The normalized spacial score (nSPS) is 22.5. The first kappa shape index (κ1) is 14.2. The Kier molecular flexibility index (Phi) is 3.98. The fourth-order valence-electron chi connectivity index (χ4n) is 2.85. The molecule has 1 atom stereocenters. The van der Waals surface area contributed by atoms with Crippen LogP contribution in [0.2, 0.25) is 0 Å². The number of piperazine rings is 1. The van der Waals surface area contributed by atoms with Crippen molar-refractivity contribution in [2.75, 3.05) is 45.1 Å². The van der Waals surface area contributed by atoms with E-state index < -0.39 is 0 Å². The first-order valence-electron chi connectivity index (χ1n) is 7.40. The molecule has 0 aromatic heterocycles. The van der Waals surface area contributed by atoms with Crippen molar-refractivity contribution < 1.29 is 9.84 Å². The fourth-order valence-corrected chi connectivity index (χ4v) is 2.85. The summed E-state index contributed by atoms with van der Waals surface area (Å²) in [5.41, 5.74) is 7.33. The van der Waals surface area contributed by atoms with Crippen molar-refractivity contribution in [2.45, 2.75) is 13.0 Å². The summed E-state index contributed by atoms with van der Waals surface area (Å²) in [7, 11) is 0. The van der Waals surface area contributed by atoms with Crippen molar-refractivity contribution >= 4 is 17.2 Å². The van der Waals surface area contributed by atoms with Gasteiger partial charge in [-0.2, -0.15) is 0 Å². The number of anilines is 1. The summed E-state index contributed by atoms with van der Waals surface area (Å²) >= 11 is 0. The summed E-state index contributed by atoms with van der Waals surface area (Å²) in [4.78, 5) is 9.28. The molecule has 3 rings (SSSR count). The summed E-state index contributed by atoms with van der Waals surface area (Å²) < 4.78 is 5.95. The highest BCUT2D eigenvalue weighted by atomic mass is 16.5. The third-order valence-corrected chi connectivity index (χ3v) is 4.00. The van der Waals surface area contributed by atoms with Gasteiger partial charge in [-0.3, -0.25) is 4.90 Å². The van der Waals surface area contributed by atoms with Crippen LogP contribution in [0.25, 0.3) is 0 Å². The lowest BCUT2D eigenvalue weighted by Crippen LogP contribution is -2.52. The quantitative estimate of drug-likeness (QED) is 0.784. The number of benzene rings is 1. The van der Waals surface area contributed by atoms with E-state index in [0.717, 1.165) is 50.0 Å². The Labute approximate surface area is 124 Å². The molecule has 0 amide bonds. The molecule has 0 aliphatic carbocycles. The van der Waals surface area contributed by atoms with E-state index in [1.165, 1.54) is 0 Å². The highest BCUT2D eigenvalue weighted by Gasteiger charge is 2.27. The number of aliphatic hydroxyl groups excluding tert-OH is 1. The van der Waals surface area contributed by atoms with Gasteiger partial charge in [-0.15, -0.1) is 0 Å². The molecule has 1 aromatic carbocycles. The Hall–Kier alpha value is -1.79. The molecule has 6 heteroatoms. The Morgan fingerprint density at radius 2 is 2.10 bits per heavy atom. The molecular weight excluding hydrogens is 268 g/mol. The van der Waals surface area contributed by atoms with Crippen LogP contribution in [0.5, 0.6) is 5.75 Å². The standard InChI is InChI=1S/C15H22N4O2/c1-11-15(19-6-4-18(5-7-19)8-9-20)17-13-10-12(16)2-3-14(13)21-11/h2-3,10-11,20H,4-9,16H2,1H3. The van der Waals surface area contributed by atoms with E-state index in [9.17, 15) is 0 Å². The van der Waals surface area contributed by atoms with Crippen LogP contribution in [0.15, 0.2) is 23.2 Å². The Balaban J connectivity index is 1.76. The van der Waals surface area contributed by atoms with Gasteiger partial charge in [0.15, 0.2) is 6.10 Å². The van der Waals surface area contributed by atoms with Gasteiger partial charge in [0.25, 0.3) is 0 Å². The maximum Gasteiger partial charge on any atom is 0.153 e. The van der Waals surface area contributed by atoms with Gasteiger partial charge in [0.1, 0.15) is 17.3 Å². The van der Waals surface area contributed by atoms with Gasteiger partial charge < -0.3 is 20.5 Å². The van der Waals surface area contributed by atoms with Gasteiger partial charge in [-0.25, -0.2) is 4.99 Å². The molecule has 1 fully saturated rings. The Morgan fingerprint density at radius 1 is 1.33 bits per heavy atom. The molecule has 114 valence electrons. The molecule has 1 unspecified atom stereocenters. The van der Waals surface area contributed by atoms with Crippen molar-refractivity contribution in [1.29, 1.82) is 0 Å². The van der Waals surface area contributed by atoms with Crippen LogP contribution in [-0.2, 0) is 0 Å². The lowest BCUT2D eigenvalue weighted by Gasteiger charge is -2.38. The number of β-amino-alcohol motifs (C(OH)–C–C–N with tert-alkyl or cyclic N) is 1. The zero-order valence-electron chi connectivity index (χ0n) is 12.3. The average molecular weight is 290 g/mol. The van der Waals surface area contributed by atoms with Crippen LogP contribution in [-0.4, -0.2) is 66.2 Å². The molecule has 2 heterocycles. The van der Waals surface area contributed by atoms with E-state index in [2.05, 4.69) is 9.80 Å². The third kappa shape index (κ3) is 2.96. The molecule has 3 N–H and O–H groups in total. The lowest BCUT2D eigenvalue weighted by molar-refractivity contribution is 0.139. The summed E-state index contributed by atoms with van der Waals surface area (Å²) in [5, 5.41) is 9.00.